The molecule has 0 spiro atoms. The lowest BCUT2D eigenvalue weighted by molar-refractivity contribution is -0.134. The third-order valence-electron chi connectivity index (χ3n) is 6.36. The molecule has 0 saturated carbocycles. The van der Waals surface area contributed by atoms with Crippen LogP contribution in [0.15, 0.2) is 71.8 Å². The first-order valence-electron chi connectivity index (χ1n) is 11.8. The molecule has 1 amide bonds. The van der Waals surface area contributed by atoms with Gasteiger partial charge in [0.15, 0.2) is 0 Å². The van der Waals surface area contributed by atoms with Crippen LogP contribution in [0.2, 0.25) is 0 Å². The highest BCUT2D eigenvalue weighted by molar-refractivity contribution is 6.04. The van der Waals surface area contributed by atoms with Crippen molar-refractivity contribution in [1.82, 2.24) is 9.91 Å². The van der Waals surface area contributed by atoms with E-state index in [0.29, 0.717) is 18.7 Å². The Kier molecular flexibility index (Phi) is 7.51. The maximum Gasteiger partial charge on any atom is 0.257 e. The molecule has 3 aromatic rings. The van der Waals surface area contributed by atoms with Gasteiger partial charge in [-0.15, -0.1) is 0 Å². The first-order chi connectivity index (χ1) is 16.9. The van der Waals surface area contributed by atoms with Crippen molar-refractivity contribution < 1.29 is 14.3 Å². The van der Waals surface area contributed by atoms with E-state index in [1.807, 2.05) is 48.3 Å². The van der Waals surface area contributed by atoms with Crippen LogP contribution in [0.3, 0.4) is 0 Å². The van der Waals surface area contributed by atoms with E-state index in [4.69, 9.17) is 14.6 Å². The SMILES string of the molecule is COc1ccc(OC)c([C@H]2CC(c3ccc(C)cc3C)=NN2C(=O)CN(C)Cc2ccccc2)c1. The van der Waals surface area contributed by atoms with Gasteiger partial charge in [-0.05, 0) is 50.2 Å². The highest BCUT2D eigenvalue weighted by atomic mass is 16.5. The van der Waals surface area contributed by atoms with E-state index in [1.165, 1.54) is 5.56 Å². The summed E-state index contributed by atoms with van der Waals surface area (Å²) >= 11 is 0. The summed E-state index contributed by atoms with van der Waals surface area (Å²) in [6, 6.07) is 21.9. The molecule has 0 saturated heterocycles. The molecule has 3 aromatic carbocycles. The number of ether oxygens (including phenoxy) is 2. The van der Waals surface area contributed by atoms with Gasteiger partial charge in [0.1, 0.15) is 11.5 Å². The fourth-order valence-corrected chi connectivity index (χ4v) is 4.64. The minimum atomic E-state index is -0.284. The molecule has 4 rings (SSSR count). The average Bonchev–Trinajstić information content (AvgIpc) is 3.29. The molecule has 1 aliphatic rings. The highest BCUT2D eigenvalue weighted by Gasteiger charge is 2.35. The van der Waals surface area contributed by atoms with Crippen molar-refractivity contribution in [2.45, 2.75) is 32.9 Å². The van der Waals surface area contributed by atoms with Gasteiger partial charge in [-0.1, -0.05) is 54.1 Å². The van der Waals surface area contributed by atoms with Crippen LogP contribution in [0.25, 0.3) is 0 Å². The molecule has 35 heavy (non-hydrogen) atoms. The van der Waals surface area contributed by atoms with Gasteiger partial charge in [-0.2, -0.15) is 5.10 Å². The molecule has 0 fully saturated rings. The Morgan fingerprint density at radius 3 is 2.49 bits per heavy atom. The van der Waals surface area contributed by atoms with E-state index in [2.05, 4.69) is 44.2 Å². The van der Waals surface area contributed by atoms with Crippen molar-refractivity contribution in [3.05, 3.63) is 94.5 Å². The normalized spacial score (nSPS) is 15.3. The smallest absolute Gasteiger partial charge is 0.257 e. The predicted octanol–water partition coefficient (Wildman–Crippen LogP) is 5.13. The summed E-state index contributed by atoms with van der Waals surface area (Å²) in [6.45, 7) is 5.10. The summed E-state index contributed by atoms with van der Waals surface area (Å²) < 4.78 is 11.2. The molecule has 6 nitrogen and oxygen atoms in total. The lowest BCUT2D eigenvalue weighted by Gasteiger charge is -2.26. The van der Waals surface area contributed by atoms with Crippen LogP contribution in [0.5, 0.6) is 11.5 Å². The molecule has 1 aliphatic heterocycles. The van der Waals surface area contributed by atoms with Gasteiger partial charge in [0, 0.05) is 24.1 Å². The van der Waals surface area contributed by atoms with Gasteiger partial charge >= 0.3 is 0 Å². The Bertz CT molecular complexity index is 1220. The fraction of sp³-hybridized carbons (Fsp3) is 0.310. The van der Waals surface area contributed by atoms with Crippen LogP contribution in [0.1, 0.15) is 40.3 Å². The molecule has 1 heterocycles. The van der Waals surface area contributed by atoms with Crippen molar-refractivity contribution in [2.24, 2.45) is 5.10 Å². The van der Waals surface area contributed by atoms with E-state index < -0.39 is 0 Å². The number of rotatable bonds is 8. The van der Waals surface area contributed by atoms with Gasteiger partial charge in [0.2, 0.25) is 0 Å². The largest absolute Gasteiger partial charge is 0.497 e. The Morgan fingerprint density at radius 2 is 1.80 bits per heavy atom. The maximum absolute atomic E-state index is 13.6. The van der Waals surface area contributed by atoms with Crippen molar-refractivity contribution in [2.75, 3.05) is 27.8 Å². The zero-order valence-electron chi connectivity index (χ0n) is 21.1. The molecule has 0 N–H and O–H groups in total. The number of amides is 1. The number of hydrogen-bond acceptors (Lipinski definition) is 5. The van der Waals surface area contributed by atoms with Crippen LogP contribution in [0, 0.1) is 13.8 Å². The predicted molar refractivity (Wildman–Crippen MR) is 139 cm³/mol. The lowest BCUT2D eigenvalue weighted by atomic mass is 9.94. The monoisotopic (exact) mass is 471 g/mol. The standard InChI is InChI=1S/C29H33N3O3/c1-20-11-13-24(21(2)15-20)26-17-27(25-16-23(34-4)12-14-28(25)35-5)32(30-26)29(33)19-31(3)18-22-9-7-6-8-10-22/h6-16,27H,17-19H2,1-5H3/t27-/m1/s1. The molecule has 0 radical (unpaired) electrons. The third kappa shape index (κ3) is 5.54. The van der Waals surface area contributed by atoms with E-state index in [9.17, 15) is 4.79 Å². The molecule has 0 unspecified atom stereocenters. The zero-order valence-corrected chi connectivity index (χ0v) is 21.1. The van der Waals surface area contributed by atoms with Gasteiger partial charge < -0.3 is 9.47 Å². The molecular weight excluding hydrogens is 438 g/mol. The summed E-state index contributed by atoms with van der Waals surface area (Å²) in [6.07, 6.45) is 0.599. The minimum Gasteiger partial charge on any atom is -0.497 e. The number of hydrogen-bond donors (Lipinski definition) is 0. The number of benzene rings is 3. The van der Waals surface area contributed by atoms with Gasteiger partial charge in [-0.25, -0.2) is 5.01 Å². The van der Waals surface area contributed by atoms with Crippen LogP contribution >= 0.6 is 0 Å². The van der Waals surface area contributed by atoms with Crippen molar-refractivity contribution in [3.63, 3.8) is 0 Å². The van der Waals surface area contributed by atoms with Crippen LogP contribution < -0.4 is 9.47 Å². The average molecular weight is 472 g/mol. The number of methoxy groups -OCH3 is 2. The molecule has 182 valence electrons. The number of aryl methyl sites for hydroxylation is 2. The third-order valence-corrected chi connectivity index (χ3v) is 6.36. The first kappa shape index (κ1) is 24.5. The molecule has 0 bridgehead atoms. The Hall–Kier alpha value is -3.64. The topological polar surface area (TPSA) is 54.4 Å². The number of hydrazone groups is 1. The van der Waals surface area contributed by atoms with E-state index >= 15 is 0 Å². The first-order valence-corrected chi connectivity index (χ1v) is 11.8. The lowest BCUT2D eigenvalue weighted by Crippen LogP contribution is -2.36. The molecule has 1 atom stereocenters. The van der Waals surface area contributed by atoms with Crippen LogP contribution in [-0.2, 0) is 11.3 Å². The van der Waals surface area contributed by atoms with E-state index in [1.54, 1.807) is 19.2 Å². The van der Waals surface area contributed by atoms with Gasteiger partial charge in [0.05, 0.1) is 32.5 Å². The molecule has 0 aliphatic carbocycles. The van der Waals surface area contributed by atoms with Gasteiger partial charge in [0.25, 0.3) is 5.91 Å². The van der Waals surface area contributed by atoms with Crippen molar-refractivity contribution in [3.8, 4) is 11.5 Å². The summed E-state index contributed by atoms with van der Waals surface area (Å²) in [5.74, 6) is 1.37. The summed E-state index contributed by atoms with van der Waals surface area (Å²) in [4.78, 5) is 15.6. The van der Waals surface area contributed by atoms with Crippen LogP contribution in [0.4, 0.5) is 0 Å². The number of carbonyl (C=O) groups is 1. The number of likely N-dealkylation sites (N-methyl/N-ethyl adjacent to an activating group) is 1. The Morgan fingerprint density at radius 1 is 1.03 bits per heavy atom. The second-order valence-corrected chi connectivity index (χ2v) is 9.09. The minimum absolute atomic E-state index is 0.0573. The quantitative estimate of drug-likeness (QED) is 0.457. The van der Waals surface area contributed by atoms with Crippen molar-refractivity contribution >= 4 is 11.6 Å². The number of carbonyl (C=O) groups excluding carboxylic acids is 1. The second kappa shape index (κ2) is 10.7. The van der Waals surface area contributed by atoms with Gasteiger partial charge in [-0.3, -0.25) is 9.69 Å². The Labute approximate surface area is 207 Å². The summed E-state index contributed by atoms with van der Waals surface area (Å²) in [5.41, 5.74) is 6.36. The maximum atomic E-state index is 13.6. The summed E-state index contributed by atoms with van der Waals surface area (Å²) in [7, 11) is 5.24. The van der Waals surface area contributed by atoms with E-state index in [0.717, 1.165) is 33.7 Å². The van der Waals surface area contributed by atoms with E-state index in [-0.39, 0.29) is 18.5 Å². The molecule has 0 aromatic heterocycles. The summed E-state index contributed by atoms with van der Waals surface area (Å²) in [5, 5.41) is 6.51. The Balaban J connectivity index is 1.66. The highest BCUT2D eigenvalue weighted by Crippen LogP contribution is 2.39. The molecule has 6 heteroatoms. The van der Waals surface area contributed by atoms with Crippen molar-refractivity contribution in [1.29, 1.82) is 0 Å². The van der Waals surface area contributed by atoms with Crippen LogP contribution in [-0.4, -0.2) is 49.3 Å². The zero-order chi connectivity index (χ0) is 24.9. The second-order valence-electron chi connectivity index (χ2n) is 9.09. The molecular formula is C29H33N3O3. The number of nitrogens with zero attached hydrogens (tertiary/aromatic N) is 3. The fourth-order valence-electron chi connectivity index (χ4n) is 4.64.